The van der Waals surface area contributed by atoms with Crippen LogP contribution in [0.25, 0.3) is 5.69 Å². The van der Waals surface area contributed by atoms with Crippen LogP contribution in [0.5, 0.6) is 0 Å². The molecule has 0 saturated carbocycles. The number of rotatable bonds is 5. The Balaban J connectivity index is 0.00000225. The first-order chi connectivity index (χ1) is 11.7. The van der Waals surface area contributed by atoms with Crippen LogP contribution in [-0.4, -0.2) is 41.5 Å². The normalized spacial score (nSPS) is 20.2. The molecule has 1 aliphatic heterocycles. The lowest BCUT2D eigenvalue weighted by atomic mass is 10.0. The van der Waals surface area contributed by atoms with E-state index in [-0.39, 0.29) is 29.6 Å². The number of benzene rings is 1. The Morgan fingerprint density at radius 2 is 2.12 bits per heavy atom. The fourth-order valence-electron chi connectivity index (χ4n) is 2.83. The van der Waals surface area contributed by atoms with Crippen LogP contribution in [0.15, 0.2) is 47.7 Å². The molecule has 6 nitrogen and oxygen atoms in total. The summed E-state index contributed by atoms with van der Waals surface area (Å²) in [7, 11) is 1.78. The highest BCUT2D eigenvalue weighted by Crippen LogP contribution is 2.23. The lowest BCUT2D eigenvalue weighted by molar-refractivity contribution is 0.0243. The van der Waals surface area contributed by atoms with Gasteiger partial charge in [-0.25, -0.2) is 4.68 Å². The Hall–Kier alpha value is -1.61. The second kappa shape index (κ2) is 9.19. The van der Waals surface area contributed by atoms with Crippen molar-refractivity contribution in [2.45, 2.75) is 31.9 Å². The van der Waals surface area contributed by atoms with Crippen LogP contribution in [0.1, 0.15) is 25.3 Å². The maximum atomic E-state index is 5.79. The van der Waals surface area contributed by atoms with Gasteiger partial charge in [0.15, 0.2) is 5.96 Å². The van der Waals surface area contributed by atoms with Gasteiger partial charge in [0.05, 0.1) is 17.5 Å². The average molecular weight is 455 g/mol. The Morgan fingerprint density at radius 3 is 2.80 bits per heavy atom. The number of aliphatic imine (C=N–C) groups is 1. The van der Waals surface area contributed by atoms with Crippen LogP contribution < -0.4 is 10.6 Å². The minimum absolute atomic E-state index is 0. The summed E-state index contributed by atoms with van der Waals surface area (Å²) in [6.07, 6.45) is 6.11. The van der Waals surface area contributed by atoms with E-state index in [0.717, 1.165) is 43.2 Å². The Labute approximate surface area is 166 Å². The molecule has 1 aliphatic rings. The summed E-state index contributed by atoms with van der Waals surface area (Å²) in [5.41, 5.74) is 2.07. The van der Waals surface area contributed by atoms with E-state index < -0.39 is 0 Å². The molecule has 0 spiro atoms. The van der Waals surface area contributed by atoms with Crippen molar-refractivity contribution < 1.29 is 4.74 Å². The maximum absolute atomic E-state index is 5.79. The number of hydrogen-bond acceptors (Lipinski definition) is 3. The van der Waals surface area contributed by atoms with Crippen molar-refractivity contribution in [2.75, 3.05) is 20.2 Å². The van der Waals surface area contributed by atoms with E-state index in [1.165, 1.54) is 0 Å². The molecule has 3 rings (SSSR count). The molecule has 7 heteroatoms. The lowest BCUT2D eigenvalue weighted by Gasteiger charge is -2.24. The summed E-state index contributed by atoms with van der Waals surface area (Å²) < 4.78 is 7.67. The standard InChI is InChI=1S/C18H25N5O.HI/c1-18(9-6-10-24-18)14-21-17(19-2)20-11-15-12-22-23(13-15)16-7-4-3-5-8-16;/h3-5,7-8,12-13H,6,9-11,14H2,1-2H3,(H2,19,20,21);1H. The van der Waals surface area contributed by atoms with E-state index in [1.54, 1.807) is 7.05 Å². The van der Waals surface area contributed by atoms with E-state index in [2.05, 4.69) is 27.6 Å². The average Bonchev–Trinajstić information content (AvgIpc) is 3.26. The van der Waals surface area contributed by atoms with Crippen LogP contribution >= 0.6 is 24.0 Å². The molecule has 1 unspecified atom stereocenters. The SMILES string of the molecule is CN=C(NCc1cnn(-c2ccccc2)c1)NCC1(C)CCCO1.I. The van der Waals surface area contributed by atoms with Gasteiger partial charge in [0.1, 0.15) is 0 Å². The van der Waals surface area contributed by atoms with Crippen molar-refractivity contribution >= 4 is 29.9 Å². The van der Waals surface area contributed by atoms with Gasteiger partial charge in [-0.2, -0.15) is 5.10 Å². The van der Waals surface area contributed by atoms with Gasteiger partial charge in [0, 0.05) is 38.5 Å². The number of halogens is 1. The van der Waals surface area contributed by atoms with Crippen LogP contribution in [0.2, 0.25) is 0 Å². The molecule has 1 atom stereocenters. The molecule has 1 saturated heterocycles. The quantitative estimate of drug-likeness (QED) is 0.414. The fraction of sp³-hybridized carbons (Fsp3) is 0.444. The second-order valence-electron chi connectivity index (χ2n) is 6.31. The van der Waals surface area contributed by atoms with Gasteiger partial charge in [-0.15, -0.1) is 24.0 Å². The van der Waals surface area contributed by atoms with E-state index in [9.17, 15) is 0 Å². The number of para-hydroxylation sites is 1. The molecule has 1 fully saturated rings. The van der Waals surface area contributed by atoms with E-state index in [0.29, 0.717) is 6.54 Å². The van der Waals surface area contributed by atoms with Gasteiger partial charge in [-0.1, -0.05) is 18.2 Å². The summed E-state index contributed by atoms with van der Waals surface area (Å²) in [5.74, 6) is 0.777. The highest BCUT2D eigenvalue weighted by Gasteiger charge is 2.29. The minimum Gasteiger partial charge on any atom is -0.373 e. The third-order valence-corrected chi connectivity index (χ3v) is 4.27. The molecule has 136 valence electrons. The Morgan fingerprint density at radius 1 is 1.32 bits per heavy atom. The van der Waals surface area contributed by atoms with Gasteiger partial charge in [0.2, 0.25) is 0 Å². The van der Waals surface area contributed by atoms with Gasteiger partial charge in [-0.3, -0.25) is 4.99 Å². The molecule has 0 amide bonds. The van der Waals surface area contributed by atoms with Crippen LogP contribution in [-0.2, 0) is 11.3 Å². The van der Waals surface area contributed by atoms with Gasteiger partial charge >= 0.3 is 0 Å². The highest BCUT2D eigenvalue weighted by atomic mass is 127. The largest absolute Gasteiger partial charge is 0.373 e. The number of nitrogens with zero attached hydrogens (tertiary/aromatic N) is 3. The molecule has 2 N–H and O–H groups in total. The first-order valence-corrected chi connectivity index (χ1v) is 8.36. The summed E-state index contributed by atoms with van der Waals surface area (Å²) in [4.78, 5) is 4.27. The number of ether oxygens (including phenoxy) is 1. The summed E-state index contributed by atoms with van der Waals surface area (Å²) >= 11 is 0. The predicted octanol–water partition coefficient (Wildman–Crippen LogP) is 2.72. The van der Waals surface area contributed by atoms with Crippen molar-refractivity contribution in [1.29, 1.82) is 0 Å². The number of aromatic nitrogens is 2. The van der Waals surface area contributed by atoms with E-state index in [1.807, 2.05) is 47.4 Å². The third-order valence-electron chi connectivity index (χ3n) is 4.27. The topological polar surface area (TPSA) is 63.5 Å². The van der Waals surface area contributed by atoms with E-state index >= 15 is 0 Å². The molecule has 2 heterocycles. The summed E-state index contributed by atoms with van der Waals surface area (Å²) in [6.45, 7) is 4.42. The van der Waals surface area contributed by atoms with Gasteiger partial charge < -0.3 is 15.4 Å². The van der Waals surface area contributed by atoms with E-state index in [4.69, 9.17) is 4.74 Å². The smallest absolute Gasteiger partial charge is 0.191 e. The van der Waals surface area contributed by atoms with Crippen molar-refractivity contribution in [1.82, 2.24) is 20.4 Å². The Kier molecular flexibility index (Phi) is 7.24. The predicted molar refractivity (Wildman–Crippen MR) is 111 cm³/mol. The molecule has 0 bridgehead atoms. The molecular formula is C18H26IN5O. The molecule has 1 aromatic heterocycles. The van der Waals surface area contributed by atoms with Crippen molar-refractivity contribution in [2.24, 2.45) is 4.99 Å². The highest BCUT2D eigenvalue weighted by molar-refractivity contribution is 14.0. The molecule has 0 radical (unpaired) electrons. The van der Waals surface area contributed by atoms with Crippen LogP contribution in [0, 0.1) is 0 Å². The summed E-state index contributed by atoms with van der Waals surface area (Å²) in [6, 6.07) is 10.1. The lowest BCUT2D eigenvalue weighted by Crippen LogP contribution is -2.45. The number of hydrogen-bond donors (Lipinski definition) is 2. The van der Waals surface area contributed by atoms with Crippen LogP contribution in [0.3, 0.4) is 0 Å². The van der Waals surface area contributed by atoms with Crippen molar-refractivity contribution in [3.8, 4) is 5.69 Å². The third kappa shape index (κ3) is 5.43. The molecular weight excluding hydrogens is 429 g/mol. The first kappa shape index (κ1) is 19.7. The second-order valence-corrected chi connectivity index (χ2v) is 6.31. The number of guanidine groups is 1. The zero-order chi connectivity index (χ0) is 16.8. The molecule has 0 aliphatic carbocycles. The van der Waals surface area contributed by atoms with Crippen molar-refractivity contribution in [3.05, 3.63) is 48.3 Å². The molecule has 1 aromatic carbocycles. The first-order valence-electron chi connectivity index (χ1n) is 8.36. The van der Waals surface area contributed by atoms with Crippen molar-refractivity contribution in [3.63, 3.8) is 0 Å². The molecule has 25 heavy (non-hydrogen) atoms. The zero-order valence-corrected chi connectivity index (χ0v) is 17.1. The number of nitrogens with one attached hydrogen (secondary N) is 2. The van der Waals surface area contributed by atoms with Crippen LogP contribution in [0.4, 0.5) is 0 Å². The summed E-state index contributed by atoms with van der Waals surface area (Å²) in [5, 5.41) is 11.1. The zero-order valence-electron chi connectivity index (χ0n) is 14.7. The fourth-order valence-corrected chi connectivity index (χ4v) is 2.83. The minimum atomic E-state index is -0.0875. The monoisotopic (exact) mass is 455 g/mol. The van der Waals surface area contributed by atoms with Gasteiger partial charge in [0.25, 0.3) is 0 Å². The van der Waals surface area contributed by atoms with Gasteiger partial charge in [-0.05, 0) is 31.9 Å². The molecule has 2 aromatic rings. The maximum Gasteiger partial charge on any atom is 0.191 e. The Bertz CT molecular complexity index is 680.